The van der Waals surface area contributed by atoms with E-state index in [0.717, 1.165) is 0 Å². The summed E-state index contributed by atoms with van der Waals surface area (Å²) in [5.74, 6) is 0. The van der Waals surface area contributed by atoms with E-state index in [1.807, 2.05) is 0 Å². The van der Waals surface area contributed by atoms with Gasteiger partial charge in [-0.15, -0.1) is 0 Å². The molecule has 0 saturated carbocycles. The van der Waals surface area contributed by atoms with Gasteiger partial charge in [0, 0.05) is 49.4 Å². The quantitative estimate of drug-likeness (QED) is 0.168. The van der Waals surface area contributed by atoms with Gasteiger partial charge in [-0.2, -0.15) is 0 Å². The summed E-state index contributed by atoms with van der Waals surface area (Å²) in [5.41, 5.74) is 17.6. The van der Waals surface area contributed by atoms with Gasteiger partial charge in [0.15, 0.2) is 0 Å². The molecule has 0 unspecified atom stereocenters. The zero-order valence-electron chi connectivity index (χ0n) is 37.4. The van der Waals surface area contributed by atoms with Gasteiger partial charge in [0.1, 0.15) is 0 Å². The lowest BCUT2D eigenvalue weighted by atomic mass is 10.0. The summed E-state index contributed by atoms with van der Waals surface area (Å²) >= 11 is 0. The summed E-state index contributed by atoms with van der Waals surface area (Å²) in [4.78, 5) is 0. The van der Waals surface area contributed by atoms with Gasteiger partial charge in [-0.3, -0.25) is 0 Å². The number of fused-ring (bicyclic) bond motifs is 9. The van der Waals surface area contributed by atoms with Crippen LogP contribution < -0.4 is 0 Å². The lowest BCUT2D eigenvalue weighted by molar-refractivity contribution is 1.17. The summed E-state index contributed by atoms with van der Waals surface area (Å²) in [6.45, 7) is 6.39. The highest BCUT2D eigenvalue weighted by Crippen LogP contribution is 2.36. The zero-order chi connectivity index (χ0) is 44.6. The van der Waals surface area contributed by atoms with Gasteiger partial charge >= 0.3 is 0 Å². The lowest BCUT2D eigenvalue weighted by Crippen LogP contribution is -1.93. The third kappa shape index (κ3) is 7.41. The molecular weight excluding hydrogens is 799 g/mol. The topological polar surface area (TPSA) is 14.8 Å². The molecule has 0 saturated heterocycles. The predicted molar refractivity (Wildman–Crippen MR) is 282 cm³/mol. The van der Waals surface area contributed by atoms with Crippen molar-refractivity contribution in [1.29, 1.82) is 0 Å². The molecule has 0 fully saturated rings. The summed E-state index contributed by atoms with van der Waals surface area (Å²) in [6, 6.07) is 86.5. The van der Waals surface area contributed by atoms with Crippen molar-refractivity contribution >= 4 is 65.4 Å². The Morgan fingerprint density at radius 2 is 0.515 bits per heavy atom. The van der Waals surface area contributed by atoms with Gasteiger partial charge < -0.3 is 13.7 Å². The van der Waals surface area contributed by atoms with Crippen LogP contribution in [-0.4, -0.2) is 13.7 Å². The Balaban J connectivity index is 0.000000111. The van der Waals surface area contributed by atoms with Gasteiger partial charge in [-0.05, 0) is 117 Å². The smallest absolute Gasteiger partial charge is 0.0541 e. The Labute approximate surface area is 385 Å². The molecule has 10 aromatic carbocycles. The molecule has 0 radical (unpaired) electrons. The van der Waals surface area contributed by atoms with Crippen molar-refractivity contribution in [3.63, 3.8) is 0 Å². The number of para-hydroxylation sites is 6. The van der Waals surface area contributed by atoms with Crippen LogP contribution in [0, 0.1) is 20.8 Å². The molecule has 66 heavy (non-hydrogen) atoms. The van der Waals surface area contributed by atoms with Gasteiger partial charge in [-0.1, -0.05) is 174 Å². The summed E-state index contributed by atoms with van der Waals surface area (Å²) in [7, 11) is 0. The van der Waals surface area contributed by atoms with Gasteiger partial charge in [-0.25, -0.2) is 0 Å². The maximum atomic E-state index is 2.35. The second kappa shape index (κ2) is 17.3. The normalized spacial score (nSPS) is 11.3. The lowest BCUT2D eigenvalue weighted by Gasteiger charge is -2.08. The molecule has 3 nitrogen and oxygen atoms in total. The van der Waals surface area contributed by atoms with Crippen molar-refractivity contribution in [2.45, 2.75) is 20.8 Å². The molecular formula is C63H49N3. The molecule has 0 amide bonds. The van der Waals surface area contributed by atoms with Crippen molar-refractivity contribution in [3.05, 3.63) is 259 Å². The number of hydrogen-bond donors (Lipinski definition) is 0. The molecule has 3 aromatic heterocycles. The standard InChI is InChI=1S/C25H19N.2C19H15N/c1-18-11-13-19(14-12-18)20-15-16-25-23(17-20)22-9-5-6-10-24(22)26(25)21-7-3-2-4-8-21;1-14-10-12-15(13-11-14)20-18-8-4-2-6-16(18)17-7-3-5-9-19(17)20;1-14-11-12-19-17(13-14)16-9-5-6-10-18(16)20(19)15-7-3-2-4-8-15/h2-17H,1H3;2*2-13H,1H3. The van der Waals surface area contributed by atoms with Crippen molar-refractivity contribution in [2.24, 2.45) is 0 Å². The molecule has 13 rings (SSSR count). The minimum absolute atomic E-state index is 1.20. The first kappa shape index (κ1) is 40.4. The van der Waals surface area contributed by atoms with Gasteiger partial charge in [0.25, 0.3) is 0 Å². The van der Waals surface area contributed by atoms with E-state index < -0.39 is 0 Å². The number of benzene rings is 10. The number of hydrogen-bond acceptors (Lipinski definition) is 0. The summed E-state index contributed by atoms with van der Waals surface area (Å²) in [5, 5.41) is 7.84. The molecule has 0 spiro atoms. The number of rotatable bonds is 4. The van der Waals surface area contributed by atoms with Crippen molar-refractivity contribution < 1.29 is 0 Å². The van der Waals surface area contributed by atoms with E-state index >= 15 is 0 Å². The highest BCUT2D eigenvalue weighted by atomic mass is 15.0. The van der Waals surface area contributed by atoms with Crippen LogP contribution in [-0.2, 0) is 0 Å². The van der Waals surface area contributed by atoms with E-state index in [4.69, 9.17) is 0 Å². The molecule has 3 heteroatoms. The molecule has 0 atom stereocenters. The maximum absolute atomic E-state index is 2.35. The number of aryl methyl sites for hydroxylation is 3. The zero-order valence-corrected chi connectivity index (χ0v) is 37.4. The fourth-order valence-corrected chi connectivity index (χ4v) is 9.59. The van der Waals surface area contributed by atoms with Crippen molar-refractivity contribution in [1.82, 2.24) is 13.7 Å². The molecule has 316 valence electrons. The molecule has 0 aliphatic heterocycles. The average molecular weight is 848 g/mol. The first-order valence-corrected chi connectivity index (χ1v) is 22.8. The Morgan fingerprint density at radius 3 is 0.970 bits per heavy atom. The van der Waals surface area contributed by atoms with Crippen LogP contribution in [0.5, 0.6) is 0 Å². The van der Waals surface area contributed by atoms with Crippen LogP contribution in [0.2, 0.25) is 0 Å². The van der Waals surface area contributed by atoms with Gasteiger partial charge in [0.2, 0.25) is 0 Å². The van der Waals surface area contributed by atoms with Crippen LogP contribution in [0.15, 0.2) is 243 Å². The van der Waals surface area contributed by atoms with Crippen LogP contribution in [0.3, 0.4) is 0 Å². The summed E-state index contributed by atoms with van der Waals surface area (Å²) < 4.78 is 7.03. The average Bonchev–Trinajstić information content (AvgIpc) is 4.01. The SMILES string of the molecule is Cc1ccc(-c2ccc3c(c2)c2ccccc2n3-c2ccccc2)cc1.Cc1ccc(-n2c3ccccc3c3ccccc32)cc1.Cc1ccc2c(c1)c1ccccc1n2-c1ccccc1. The first-order chi connectivity index (χ1) is 32.5. The van der Waals surface area contributed by atoms with Crippen LogP contribution in [0.1, 0.15) is 16.7 Å². The van der Waals surface area contributed by atoms with Crippen LogP contribution in [0.4, 0.5) is 0 Å². The van der Waals surface area contributed by atoms with E-state index in [1.54, 1.807) is 0 Å². The van der Waals surface area contributed by atoms with E-state index in [-0.39, 0.29) is 0 Å². The van der Waals surface area contributed by atoms with Crippen molar-refractivity contribution in [2.75, 3.05) is 0 Å². The molecule has 3 heterocycles. The van der Waals surface area contributed by atoms with E-state index in [1.165, 1.54) is 110 Å². The monoisotopic (exact) mass is 847 g/mol. The first-order valence-electron chi connectivity index (χ1n) is 22.8. The van der Waals surface area contributed by atoms with Crippen LogP contribution >= 0.6 is 0 Å². The third-order valence-corrected chi connectivity index (χ3v) is 12.8. The second-order valence-electron chi connectivity index (χ2n) is 17.2. The van der Waals surface area contributed by atoms with E-state index in [9.17, 15) is 0 Å². The molecule has 0 N–H and O–H groups in total. The summed E-state index contributed by atoms with van der Waals surface area (Å²) in [6.07, 6.45) is 0. The second-order valence-corrected chi connectivity index (χ2v) is 17.2. The fraction of sp³-hybridized carbons (Fsp3) is 0.0476. The minimum atomic E-state index is 1.20. The Morgan fingerprint density at radius 1 is 0.212 bits per heavy atom. The Bertz CT molecular complexity index is 3760. The van der Waals surface area contributed by atoms with Crippen molar-refractivity contribution in [3.8, 4) is 28.2 Å². The molecule has 0 bridgehead atoms. The predicted octanol–water partition coefficient (Wildman–Crippen LogP) is 16.9. The largest absolute Gasteiger partial charge is 0.309 e. The van der Waals surface area contributed by atoms with Gasteiger partial charge in [0.05, 0.1) is 33.1 Å². The fourth-order valence-electron chi connectivity index (χ4n) is 9.59. The number of nitrogens with zero attached hydrogens (tertiary/aromatic N) is 3. The van der Waals surface area contributed by atoms with E-state index in [0.29, 0.717) is 0 Å². The Kier molecular flexibility index (Phi) is 10.6. The molecule has 0 aliphatic rings. The third-order valence-electron chi connectivity index (χ3n) is 12.8. The highest BCUT2D eigenvalue weighted by Gasteiger charge is 2.14. The van der Waals surface area contributed by atoms with Crippen LogP contribution in [0.25, 0.3) is 93.6 Å². The highest BCUT2D eigenvalue weighted by molar-refractivity contribution is 6.11. The molecule has 13 aromatic rings. The Hall–Kier alpha value is -8.40. The molecule has 0 aliphatic carbocycles. The minimum Gasteiger partial charge on any atom is -0.309 e. The number of aromatic nitrogens is 3. The maximum Gasteiger partial charge on any atom is 0.0541 e. The van der Waals surface area contributed by atoms with E-state index in [2.05, 4.69) is 277 Å².